The van der Waals surface area contributed by atoms with Crippen molar-refractivity contribution in [1.29, 1.82) is 0 Å². The molecule has 2 atom stereocenters. The summed E-state index contributed by atoms with van der Waals surface area (Å²) in [5, 5.41) is 0. The second-order valence-electron chi connectivity index (χ2n) is 17.8. The smallest absolute Gasteiger partial charge is 0.306 e. The van der Waals surface area contributed by atoms with Crippen LogP contribution in [0.25, 0.3) is 0 Å². The van der Waals surface area contributed by atoms with Crippen LogP contribution >= 0.6 is 7.82 Å². The fourth-order valence-electron chi connectivity index (χ4n) is 6.45. The maximum Gasteiger partial charge on any atom is 0.306 e. The molecule has 0 radical (unpaired) electrons. The zero-order chi connectivity index (χ0) is 47.6. The first-order valence-corrected chi connectivity index (χ1v) is 27.1. The van der Waals surface area contributed by atoms with Gasteiger partial charge in [-0.1, -0.05) is 187 Å². The number of unbranched alkanes of at least 4 members (excludes halogenated alkanes) is 14. The van der Waals surface area contributed by atoms with Gasteiger partial charge in [-0.15, -0.1) is 0 Å². The number of quaternary nitrogens is 1. The van der Waals surface area contributed by atoms with Crippen molar-refractivity contribution in [2.24, 2.45) is 0 Å². The number of likely N-dealkylation sites (N-methyl/N-ethyl adjacent to an activating group) is 1. The van der Waals surface area contributed by atoms with E-state index < -0.39 is 13.9 Å². The number of carbonyl (C=O) groups is 1. The Bertz CT molecular complexity index is 1400. The van der Waals surface area contributed by atoms with E-state index in [2.05, 4.69) is 123 Å². The van der Waals surface area contributed by atoms with Crippen molar-refractivity contribution < 1.29 is 37.3 Å². The van der Waals surface area contributed by atoms with Crippen LogP contribution in [0.2, 0.25) is 0 Å². The van der Waals surface area contributed by atoms with Crippen molar-refractivity contribution in [2.75, 3.05) is 54.1 Å². The highest BCUT2D eigenvalue weighted by Crippen LogP contribution is 2.38. The third-order valence-electron chi connectivity index (χ3n) is 10.3. The van der Waals surface area contributed by atoms with E-state index in [1.807, 2.05) is 21.1 Å². The highest BCUT2D eigenvalue weighted by Gasteiger charge is 2.20. The molecule has 8 nitrogen and oxygen atoms in total. The van der Waals surface area contributed by atoms with Crippen LogP contribution in [0.4, 0.5) is 0 Å². The van der Waals surface area contributed by atoms with Crippen LogP contribution in [-0.2, 0) is 27.9 Å². The van der Waals surface area contributed by atoms with Crippen LogP contribution in [0.1, 0.15) is 181 Å². The molecule has 65 heavy (non-hydrogen) atoms. The summed E-state index contributed by atoms with van der Waals surface area (Å²) in [5.41, 5.74) is 0. The van der Waals surface area contributed by atoms with Crippen LogP contribution in [0.3, 0.4) is 0 Å². The van der Waals surface area contributed by atoms with Gasteiger partial charge in [-0.05, 0) is 96.3 Å². The van der Waals surface area contributed by atoms with Gasteiger partial charge in [0.1, 0.15) is 19.3 Å². The molecular formula is C56H96NO7P. The molecular weight excluding hydrogens is 830 g/mol. The van der Waals surface area contributed by atoms with Gasteiger partial charge in [0, 0.05) is 13.0 Å². The third-order valence-corrected chi connectivity index (χ3v) is 11.3. The summed E-state index contributed by atoms with van der Waals surface area (Å²) in [6, 6.07) is 0. The van der Waals surface area contributed by atoms with Crippen molar-refractivity contribution in [3.8, 4) is 0 Å². The molecule has 0 aromatic carbocycles. The molecule has 0 fully saturated rings. The Hall–Kier alpha value is -2.84. The average molecular weight is 926 g/mol. The van der Waals surface area contributed by atoms with Gasteiger partial charge in [-0.2, -0.15) is 0 Å². The molecule has 0 saturated carbocycles. The number of allylic oxidation sites excluding steroid dienone is 18. The van der Waals surface area contributed by atoms with Crippen LogP contribution in [0.15, 0.2) is 109 Å². The second-order valence-corrected chi connectivity index (χ2v) is 19.2. The summed E-state index contributed by atoms with van der Waals surface area (Å²) >= 11 is 0. The van der Waals surface area contributed by atoms with E-state index in [1.165, 1.54) is 57.8 Å². The molecule has 0 N–H and O–H groups in total. The van der Waals surface area contributed by atoms with Gasteiger partial charge in [0.25, 0.3) is 7.82 Å². The predicted octanol–water partition coefficient (Wildman–Crippen LogP) is 15.3. The van der Waals surface area contributed by atoms with Crippen LogP contribution in [-0.4, -0.2) is 70.7 Å². The van der Waals surface area contributed by atoms with E-state index in [0.717, 1.165) is 103 Å². The molecule has 9 heteroatoms. The van der Waals surface area contributed by atoms with E-state index >= 15 is 0 Å². The SMILES string of the molecule is CC/C=C\C/C=C\C/C=C\C/C=C\C/C=C\CCCCCCCCCCCCOCC(COP(=O)([O-])OCC[N+](C)(C)C)OC(=O)CCCCCC/C=C\C/C=C\C/C=C\C/C=C\CC. The van der Waals surface area contributed by atoms with Crippen molar-refractivity contribution in [3.05, 3.63) is 109 Å². The third kappa shape index (κ3) is 52.0. The standard InChI is InChI=1S/C56H96NO7P/c1-6-8-10-12-14-16-18-20-22-24-25-26-27-28-29-30-31-32-34-36-38-40-42-44-46-48-51-61-53-55(54-63-65(59,60)62-52-50-57(3,4)5)64-56(58)49-47-45-43-41-39-37-35-33-23-21-19-17-15-13-11-9-7-2/h8-11,14-17,20-23,25-26,28-29,35,37,55H,6-7,12-13,18-19,24,27,30-34,36,38-54H2,1-5H3/b10-8-,11-9-,16-14-,17-15-,22-20-,23-21-,26-25-,29-28-,37-35-. The Balaban J connectivity index is 4.18. The molecule has 0 bridgehead atoms. The summed E-state index contributed by atoms with van der Waals surface area (Å²) < 4.78 is 34.7. The monoisotopic (exact) mass is 926 g/mol. The average Bonchev–Trinajstić information content (AvgIpc) is 3.27. The summed E-state index contributed by atoms with van der Waals surface area (Å²) in [7, 11) is 1.32. The number of rotatable bonds is 46. The van der Waals surface area contributed by atoms with E-state index in [9.17, 15) is 14.3 Å². The number of hydrogen-bond acceptors (Lipinski definition) is 7. The first-order chi connectivity index (χ1) is 31.6. The number of hydrogen-bond donors (Lipinski definition) is 0. The number of ether oxygens (including phenoxy) is 2. The molecule has 0 aliphatic rings. The molecule has 0 aromatic rings. The lowest BCUT2D eigenvalue weighted by Crippen LogP contribution is -2.37. The van der Waals surface area contributed by atoms with Gasteiger partial charge >= 0.3 is 5.97 Å². The Morgan fingerprint density at radius 2 is 0.846 bits per heavy atom. The fraction of sp³-hybridized carbons (Fsp3) is 0.661. The second kappa shape index (κ2) is 47.6. The predicted molar refractivity (Wildman–Crippen MR) is 277 cm³/mol. The highest BCUT2D eigenvalue weighted by atomic mass is 31.2. The van der Waals surface area contributed by atoms with Gasteiger partial charge in [-0.25, -0.2) is 0 Å². The lowest BCUT2D eigenvalue weighted by molar-refractivity contribution is -0.870. The number of carbonyl (C=O) groups excluding carboxylic acids is 1. The van der Waals surface area contributed by atoms with Gasteiger partial charge in [-0.3, -0.25) is 9.36 Å². The maximum atomic E-state index is 12.7. The Labute approximate surface area is 400 Å². The largest absolute Gasteiger partial charge is 0.756 e. The summed E-state index contributed by atoms with van der Waals surface area (Å²) in [6.07, 6.45) is 66.9. The molecule has 0 aromatic heterocycles. The zero-order valence-corrected chi connectivity index (χ0v) is 43.0. The lowest BCUT2D eigenvalue weighted by Gasteiger charge is -2.28. The molecule has 2 unspecified atom stereocenters. The van der Waals surface area contributed by atoms with Gasteiger partial charge < -0.3 is 27.9 Å². The summed E-state index contributed by atoms with van der Waals surface area (Å²) in [5.74, 6) is -0.363. The lowest BCUT2D eigenvalue weighted by atomic mass is 10.1. The van der Waals surface area contributed by atoms with Gasteiger partial charge in [0.2, 0.25) is 0 Å². The molecule has 0 aliphatic heterocycles. The summed E-state index contributed by atoms with van der Waals surface area (Å²) in [4.78, 5) is 25.2. The van der Waals surface area contributed by atoms with Crippen LogP contribution in [0, 0.1) is 0 Å². The summed E-state index contributed by atoms with van der Waals surface area (Å²) in [6.45, 7) is 5.12. The van der Waals surface area contributed by atoms with Gasteiger partial charge in [0.15, 0.2) is 0 Å². The Kier molecular flexibility index (Phi) is 45.6. The van der Waals surface area contributed by atoms with Crippen LogP contribution < -0.4 is 4.89 Å². The quantitative estimate of drug-likeness (QED) is 0.0197. The minimum atomic E-state index is -4.55. The van der Waals surface area contributed by atoms with E-state index in [-0.39, 0.29) is 32.2 Å². The highest BCUT2D eigenvalue weighted by molar-refractivity contribution is 7.45. The molecule has 0 aliphatic carbocycles. The van der Waals surface area contributed by atoms with Crippen molar-refractivity contribution in [1.82, 2.24) is 0 Å². The van der Waals surface area contributed by atoms with Crippen molar-refractivity contribution in [3.63, 3.8) is 0 Å². The van der Waals surface area contributed by atoms with Gasteiger partial charge in [0.05, 0.1) is 34.4 Å². The normalized spacial score (nSPS) is 14.5. The molecule has 0 saturated heterocycles. The van der Waals surface area contributed by atoms with Crippen molar-refractivity contribution in [2.45, 2.75) is 187 Å². The molecule has 0 amide bonds. The molecule has 0 heterocycles. The Morgan fingerprint density at radius 3 is 1.26 bits per heavy atom. The number of esters is 1. The minimum absolute atomic E-state index is 0.0138. The Morgan fingerprint density at radius 1 is 0.477 bits per heavy atom. The minimum Gasteiger partial charge on any atom is -0.756 e. The van der Waals surface area contributed by atoms with E-state index in [0.29, 0.717) is 17.6 Å². The fourth-order valence-corrected chi connectivity index (χ4v) is 7.17. The first-order valence-electron chi connectivity index (χ1n) is 25.6. The van der Waals surface area contributed by atoms with Crippen molar-refractivity contribution >= 4 is 13.8 Å². The van der Waals surface area contributed by atoms with E-state index in [1.54, 1.807) is 0 Å². The zero-order valence-electron chi connectivity index (χ0n) is 42.1. The number of phosphoric ester groups is 1. The molecule has 0 rings (SSSR count). The van der Waals surface area contributed by atoms with E-state index in [4.69, 9.17) is 18.5 Å². The first kappa shape index (κ1) is 62.2. The topological polar surface area (TPSA) is 94.1 Å². The van der Waals surface area contributed by atoms with Crippen LogP contribution in [0.5, 0.6) is 0 Å². The number of phosphoric acid groups is 1. The molecule has 0 spiro atoms. The maximum absolute atomic E-state index is 12.7. The number of nitrogens with zero attached hydrogens (tertiary/aromatic N) is 1. The molecule has 372 valence electrons.